The maximum absolute atomic E-state index is 13.9. The molecule has 2 aliphatic heterocycles. The van der Waals surface area contributed by atoms with Crippen LogP contribution in [-0.2, 0) is 6.18 Å². The molecule has 0 unspecified atom stereocenters. The highest BCUT2D eigenvalue weighted by atomic mass is 19.4. The normalized spacial score (nSPS) is 18.5. The zero-order valence-electron chi connectivity index (χ0n) is 25.4. The molecule has 0 aliphatic carbocycles. The molecule has 2 atom stereocenters. The molecule has 2 saturated heterocycles. The predicted molar refractivity (Wildman–Crippen MR) is 160 cm³/mol. The molecule has 45 heavy (non-hydrogen) atoms. The highest BCUT2D eigenvalue weighted by Crippen LogP contribution is 2.37. The first-order valence-electron chi connectivity index (χ1n) is 14.9. The van der Waals surface area contributed by atoms with E-state index in [4.69, 9.17) is 14.5 Å². The number of nitrogens with zero attached hydrogens (tertiary/aromatic N) is 5. The number of pyridine rings is 3. The van der Waals surface area contributed by atoms with Crippen LogP contribution in [0.2, 0.25) is 0 Å². The minimum absolute atomic E-state index is 0.0575. The van der Waals surface area contributed by atoms with Crippen molar-refractivity contribution < 1.29 is 32.2 Å². The number of hydrogen-bond acceptors (Lipinski definition) is 9. The fraction of sp³-hybridized carbons (Fsp3) is 0.452. The second-order valence-corrected chi connectivity index (χ2v) is 10.8. The number of anilines is 1. The van der Waals surface area contributed by atoms with Gasteiger partial charge in [0, 0.05) is 68.4 Å². The molecule has 240 valence electrons. The third kappa shape index (κ3) is 6.95. The number of carbonyl (C=O) groups is 2. The van der Waals surface area contributed by atoms with Crippen molar-refractivity contribution in [3.05, 3.63) is 59.7 Å². The average molecular weight is 628 g/mol. The lowest BCUT2D eigenvalue weighted by Crippen LogP contribution is -2.55. The van der Waals surface area contributed by atoms with Crippen LogP contribution in [-0.4, -0.2) is 90.2 Å². The highest BCUT2D eigenvalue weighted by molar-refractivity contribution is 6.00. The number of hydrogen-bond donors (Lipinski definition) is 2. The Morgan fingerprint density at radius 2 is 1.98 bits per heavy atom. The van der Waals surface area contributed by atoms with Crippen molar-refractivity contribution in [2.24, 2.45) is 0 Å². The van der Waals surface area contributed by atoms with E-state index in [9.17, 15) is 22.8 Å². The Kier molecular flexibility index (Phi) is 9.71. The van der Waals surface area contributed by atoms with Gasteiger partial charge in [0.05, 0.1) is 25.0 Å². The van der Waals surface area contributed by atoms with Crippen molar-refractivity contribution in [3.63, 3.8) is 0 Å². The summed E-state index contributed by atoms with van der Waals surface area (Å²) in [7, 11) is 1.21. The Morgan fingerprint density at radius 3 is 2.62 bits per heavy atom. The number of rotatable bonds is 9. The molecule has 0 bridgehead atoms. The fourth-order valence-corrected chi connectivity index (χ4v) is 5.70. The van der Waals surface area contributed by atoms with Crippen molar-refractivity contribution >= 4 is 17.5 Å². The van der Waals surface area contributed by atoms with Crippen LogP contribution in [0.5, 0.6) is 11.6 Å². The molecule has 5 heterocycles. The maximum atomic E-state index is 13.9. The van der Waals surface area contributed by atoms with Gasteiger partial charge in [-0.2, -0.15) is 13.2 Å². The van der Waals surface area contributed by atoms with Crippen LogP contribution in [0.15, 0.2) is 42.7 Å². The van der Waals surface area contributed by atoms with Crippen LogP contribution in [0, 0.1) is 0 Å². The monoisotopic (exact) mass is 627 g/mol. The summed E-state index contributed by atoms with van der Waals surface area (Å²) >= 11 is 0. The summed E-state index contributed by atoms with van der Waals surface area (Å²) < 4.78 is 52.5. The molecule has 0 spiro atoms. The molecular formula is C31H36F3N7O4. The van der Waals surface area contributed by atoms with Gasteiger partial charge in [-0.1, -0.05) is 6.92 Å². The number of carbonyl (C=O) groups excluding carboxylic acids is 2. The maximum Gasteiger partial charge on any atom is 0.434 e. The number of amides is 2. The Morgan fingerprint density at radius 1 is 1.16 bits per heavy atom. The molecule has 2 aliphatic rings. The molecule has 3 aromatic heterocycles. The Hall–Kier alpha value is -4.46. The van der Waals surface area contributed by atoms with E-state index in [0.717, 1.165) is 19.0 Å². The van der Waals surface area contributed by atoms with Crippen molar-refractivity contribution in [2.45, 2.75) is 44.9 Å². The van der Waals surface area contributed by atoms with Gasteiger partial charge in [-0.15, -0.1) is 0 Å². The van der Waals surface area contributed by atoms with Gasteiger partial charge in [-0.05, 0) is 44.5 Å². The van der Waals surface area contributed by atoms with Gasteiger partial charge in [0.25, 0.3) is 11.8 Å². The minimum atomic E-state index is -4.85. The van der Waals surface area contributed by atoms with Crippen LogP contribution >= 0.6 is 0 Å². The first-order valence-corrected chi connectivity index (χ1v) is 14.9. The first-order chi connectivity index (χ1) is 21.6. The van der Waals surface area contributed by atoms with E-state index < -0.39 is 23.3 Å². The van der Waals surface area contributed by atoms with E-state index in [0.29, 0.717) is 42.3 Å². The van der Waals surface area contributed by atoms with Crippen molar-refractivity contribution in [1.29, 1.82) is 0 Å². The third-order valence-corrected chi connectivity index (χ3v) is 7.94. The number of alkyl halides is 3. The van der Waals surface area contributed by atoms with Crippen molar-refractivity contribution in [2.75, 3.05) is 51.3 Å². The van der Waals surface area contributed by atoms with Gasteiger partial charge in [0.15, 0.2) is 11.4 Å². The summed E-state index contributed by atoms with van der Waals surface area (Å²) in [5.41, 5.74) is 0.0333. The van der Waals surface area contributed by atoms with Crippen molar-refractivity contribution in [3.8, 4) is 22.9 Å². The van der Waals surface area contributed by atoms with E-state index in [2.05, 4.69) is 20.6 Å². The van der Waals surface area contributed by atoms with Gasteiger partial charge >= 0.3 is 6.18 Å². The largest absolute Gasteiger partial charge is 0.492 e. The highest BCUT2D eigenvalue weighted by Gasteiger charge is 2.40. The molecule has 0 radical (unpaired) electrons. The Balaban J connectivity index is 1.50. The van der Waals surface area contributed by atoms with E-state index in [-0.39, 0.29) is 49.2 Å². The van der Waals surface area contributed by atoms with Crippen molar-refractivity contribution in [1.82, 2.24) is 30.5 Å². The van der Waals surface area contributed by atoms with Crippen LogP contribution in [0.4, 0.5) is 18.9 Å². The summed E-state index contributed by atoms with van der Waals surface area (Å²) in [6.45, 7) is 6.05. The first kappa shape index (κ1) is 31.9. The van der Waals surface area contributed by atoms with E-state index in [1.165, 1.54) is 18.1 Å². The summed E-state index contributed by atoms with van der Waals surface area (Å²) in [6, 6.07) is 7.35. The molecule has 11 nitrogen and oxygen atoms in total. The Bertz CT molecular complexity index is 1520. The average Bonchev–Trinajstić information content (AvgIpc) is 3.56. The quantitative estimate of drug-likeness (QED) is 0.365. The molecule has 14 heteroatoms. The van der Waals surface area contributed by atoms with E-state index in [1.54, 1.807) is 24.5 Å². The van der Waals surface area contributed by atoms with E-state index >= 15 is 0 Å². The summed E-state index contributed by atoms with van der Waals surface area (Å²) in [5.74, 6) is -0.893. The number of aromatic nitrogens is 3. The Labute approximate surface area is 259 Å². The topological polar surface area (TPSA) is 122 Å². The molecule has 3 aromatic rings. The summed E-state index contributed by atoms with van der Waals surface area (Å²) in [6.07, 6.45) is -0.231. The number of halogens is 3. The van der Waals surface area contributed by atoms with Crippen LogP contribution in [0.1, 0.15) is 53.2 Å². The minimum Gasteiger partial charge on any atom is -0.492 e. The molecule has 2 N–H and O–H groups in total. The van der Waals surface area contributed by atoms with Gasteiger partial charge in [-0.3, -0.25) is 14.6 Å². The summed E-state index contributed by atoms with van der Waals surface area (Å²) in [5, 5.41) is 6.32. The smallest absolute Gasteiger partial charge is 0.434 e. The number of piperazine rings is 1. The number of nitrogens with one attached hydrogen (secondary N) is 2. The zero-order valence-corrected chi connectivity index (χ0v) is 25.4. The van der Waals surface area contributed by atoms with Gasteiger partial charge in [0.2, 0.25) is 5.88 Å². The fourth-order valence-electron chi connectivity index (χ4n) is 5.70. The molecular weight excluding hydrogens is 591 g/mol. The van der Waals surface area contributed by atoms with Crippen LogP contribution in [0.3, 0.4) is 0 Å². The van der Waals surface area contributed by atoms with E-state index in [1.807, 2.05) is 24.8 Å². The van der Waals surface area contributed by atoms with Crippen LogP contribution in [0.25, 0.3) is 11.3 Å². The van der Waals surface area contributed by atoms with Gasteiger partial charge in [0.1, 0.15) is 11.4 Å². The van der Waals surface area contributed by atoms with Gasteiger partial charge in [-0.25, -0.2) is 9.97 Å². The SMILES string of the molecule is CCOc1cc(N2CCN(C(=O)c3ccc(OC)nc3C(F)(F)F)C[C@H]2CC)c(C(=O)N[C@@H]2CCNC2)nc1-c1cccnc1. The lowest BCUT2D eigenvalue weighted by Gasteiger charge is -2.43. The molecule has 0 aromatic carbocycles. The third-order valence-electron chi connectivity index (χ3n) is 7.94. The molecule has 5 rings (SSSR count). The zero-order chi connectivity index (χ0) is 32.1. The standard InChI is InChI=1S/C31H36F3N7O4/c1-4-21-18-40(30(43)22-8-9-25(44-3)38-28(22)31(32,33)34)13-14-41(21)23-15-24(45-5-2)26(19-7-6-11-35-16-19)39-27(23)29(42)37-20-10-12-36-17-20/h6-9,11,15-16,20-21,36H,4-5,10,12-14,17-18H2,1-3H3,(H,37,42)/t20-,21-/m1/s1. The lowest BCUT2D eigenvalue weighted by atomic mass is 10.0. The molecule has 2 amide bonds. The molecule has 2 fully saturated rings. The lowest BCUT2D eigenvalue weighted by molar-refractivity contribution is -0.141. The van der Waals surface area contributed by atoms with Crippen LogP contribution < -0.4 is 25.0 Å². The predicted octanol–water partition coefficient (Wildman–Crippen LogP) is 3.80. The number of ether oxygens (including phenoxy) is 2. The van der Waals surface area contributed by atoms with Gasteiger partial charge < -0.3 is 29.9 Å². The second-order valence-electron chi connectivity index (χ2n) is 10.8. The molecule has 0 saturated carbocycles. The summed E-state index contributed by atoms with van der Waals surface area (Å²) in [4.78, 5) is 43.2. The number of methoxy groups -OCH3 is 1. The second kappa shape index (κ2) is 13.7.